The topological polar surface area (TPSA) is 89.8 Å². The van der Waals surface area contributed by atoms with Gasteiger partial charge in [-0.2, -0.15) is 13.2 Å². The molecular formula is C17H14ClF3N4O2. The first-order valence-corrected chi connectivity index (χ1v) is 8.17. The quantitative estimate of drug-likeness (QED) is 0.536. The summed E-state index contributed by atoms with van der Waals surface area (Å²) in [6.45, 7) is 1.50. The minimum atomic E-state index is -4.66. The van der Waals surface area contributed by atoms with Gasteiger partial charge in [0.25, 0.3) is 0 Å². The molecule has 1 aromatic heterocycles. The summed E-state index contributed by atoms with van der Waals surface area (Å²) in [4.78, 5) is 28.7. The van der Waals surface area contributed by atoms with Crippen molar-refractivity contribution in [1.82, 2.24) is 9.97 Å². The second-order valence-corrected chi connectivity index (χ2v) is 6.32. The third-order valence-corrected chi connectivity index (χ3v) is 4.07. The van der Waals surface area contributed by atoms with Gasteiger partial charge in [0.1, 0.15) is 6.04 Å². The molecule has 2 aromatic carbocycles. The van der Waals surface area contributed by atoms with E-state index in [1.54, 1.807) is 18.2 Å². The van der Waals surface area contributed by atoms with Crippen LogP contribution in [0.2, 0.25) is 5.02 Å². The van der Waals surface area contributed by atoms with E-state index in [0.717, 1.165) is 12.1 Å². The van der Waals surface area contributed by atoms with Crippen LogP contribution in [0.4, 0.5) is 24.5 Å². The molecule has 0 aliphatic heterocycles. The van der Waals surface area contributed by atoms with E-state index in [0.29, 0.717) is 16.7 Å². The molecule has 0 aliphatic rings. The molecule has 0 unspecified atom stereocenters. The number of amides is 1. The maximum Gasteiger partial charge on any atom is 0.418 e. The van der Waals surface area contributed by atoms with Crippen LogP contribution in [0.25, 0.3) is 11.0 Å². The number of alkyl halides is 3. The summed E-state index contributed by atoms with van der Waals surface area (Å²) in [5, 5.41) is 5.06. The summed E-state index contributed by atoms with van der Waals surface area (Å²) in [6, 6.07) is 7.17. The Balaban J connectivity index is 1.76. The van der Waals surface area contributed by atoms with Gasteiger partial charge in [0.15, 0.2) is 0 Å². The number of carbonyl (C=O) groups excluding carboxylic acids is 1. The first kappa shape index (κ1) is 18.8. The van der Waals surface area contributed by atoms with Crippen LogP contribution in [0.3, 0.4) is 0 Å². The number of hydrogen-bond donors (Lipinski definition) is 4. The van der Waals surface area contributed by atoms with E-state index in [1.165, 1.54) is 13.0 Å². The number of benzene rings is 2. The highest BCUT2D eigenvalue weighted by atomic mass is 35.5. The van der Waals surface area contributed by atoms with Crippen LogP contribution in [0, 0.1) is 0 Å². The molecule has 1 amide bonds. The van der Waals surface area contributed by atoms with Crippen LogP contribution in [0.15, 0.2) is 41.2 Å². The largest absolute Gasteiger partial charge is 0.418 e. The fourth-order valence-corrected chi connectivity index (χ4v) is 2.71. The zero-order chi connectivity index (χ0) is 19.8. The number of nitrogens with one attached hydrogen (secondary N) is 4. The number of anilines is 2. The van der Waals surface area contributed by atoms with E-state index in [4.69, 9.17) is 11.6 Å². The lowest BCUT2D eigenvalue weighted by atomic mass is 10.1. The lowest BCUT2D eigenvalue weighted by Gasteiger charge is -2.18. The second-order valence-electron chi connectivity index (χ2n) is 5.88. The highest BCUT2D eigenvalue weighted by molar-refractivity contribution is 6.30. The normalized spacial score (nSPS) is 12.8. The van der Waals surface area contributed by atoms with E-state index in [9.17, 15) is 22.8 Å². The molecule has 0 radical (unpaired) electrons. The molecule has 0 fully saturated rings. The molecule has 0 aliphatic carbocycles. The van der Waals surface area contributed by atoms with Gasteiger partial charge in [-0.05, 0) is 43.3 Å². The molecule has 10 heteroatoms. The van der Waals surface area contributed by atoms with E-state index in [-0.39, 0.29) is 16.4 Å². The van der Waals surface area contributed by atoms with Crippen molar-refractivity contribution in [1.29, 1.82) is 0 Å². The zero-order valence-corrected chi connectivity index (χ0v) is 14.6. The number of carbonyl (C=O) groups is 1. The van der Waals surface area contributed by atoms with E-state index in [1.807, 2.05) is 0 Å². The van der Waals surface area contributed by atoms with Crippen molar-refractivity contribution >= 4 is 39.9 Å². The molecule has 4 N–H and O–H groups in total. The number of rotatable bonds is 4. The molecule has 27 heavy (non-hydrogen) atoms. The Morgan fingerprint density at radius 1 is 1.11 bits per heavy atom. The second kappa shape index (κ2) is 6.99. The van der Waals surface area contributed by atoms with Gasteiger partial charge in [0, 0.05) is 10.7 Å². The maximum atomic E-state index is 13.1. The Bertz CT molecular complexity index is 1060. The summed E-state index contributed by atoms with van der Waals surface area (Å²) in [6.07, 6.45) is -4.66. The number of aromatic nitrogens is 2. The van der Waals surface area contributed by atoms with Gasteiger partial charge in [-0.3, -0.25) is 4.79 Å². The van der Waals surface area contributed by atoms with Crippen LogP contribution < -0.4 is 16.3 Å². The molecule has 3 aromatic rings. The van der Waals surface area contributed by atoms with Gasteiger partial charge in [-0.25, -0.2) is 4.79 Å². The minimum Gasteiger partial charge on any atom is -0.374 e. The first-order chi connectivity index (χ1) is 12.6. The standard InChI is InChI=1S/C17H14ClF3N4O2/c1-8(22-10-3-5-13-14(7-10)25-16(27)24-13)15(26)23-12-4-2-9(18)6-11(12)17(19,20)21/h2-8,22H,1H3,(H,23,26)(H2,24,25,27)/t8-/m1/s1. The van der Waals surface area contributed by atoms with Gasteiger partial charge in [0.05, 0.1) is 22.3 Å². The Morgan fingerprint density at radius 2 is 1.81 bits per heavy atom. The molecular weight excluding hydrogens is 385 g/mol. The number of imidazole rings is 1. The highest BCUT2D eigenvalue weighted by Gasteiger charge is 2.34. The summed E-state index contributed by atoms with van der Waals surface area (Å²) >= 11 is 5.63. The Kier molecular flexibility index (Phi) is 4.88. The van der Waals surface area contributed by atoms with Crippen LogP contribution >= 0.6 is 11.6 Å². The molecule has 0 bridgehead atoms. The molecule has 0 saturated heterocycles. The monoisotopic (exact) mass is 398 g/mol. The van der Waals surface area contributed by atoms with E-state index < -0.39 is 23.7 Å². The zero-order valence-electron chi connectivity index (χ0n) is 13.9. The van der Waals surface area contributed by atoms with Gasteiger partial charge in [-0.15, -0.1) is 0 Å². The van der Waals surface area contributed by atoms with E-state index >= 15 is 0 Å². The SMILES string of the molecule is C[C@@H](Nc1ccc2[nH]c(=O)[nH]c2c1)C(=O)Nc1ccc(Cl)cc1C(F)(F)F. The van der Waals surface area contributed by atoms with E-state index in [2.05, 4.69) is 20.6 Å². The maximum absolute atomic E-state index is 13.1. The Labute approximate surface area is 155 Å². The molecule has 142 valence electrons. The third-order valence-electron chi connectivity index (χ3n) is 3.84. The van der Waals surface area contributed by atoms with Gasteiger partial charge in [0.2, 0.25) is 5.91 Å². The first-order valence-electron chi connectivity index (χ1n) is 7.79. The molecule has 0 spiro atoms. The van der Waals surface area contributed by atoms with Crippen molar-refractivity contribution in [3.05, 3.63) is 57.5 Å². The predicted octanol–water partition coefficient (Wildman–Crippen LogP) is 3.97. The minimum absolute atomic E-state index is 0.0831. The number of hydrogen-bond acceptors (Lipinski definition) is 3. The summed E-state index contributed by atoms with van der Waals surface area (Å²) in [7, 11) is 0. The van der Waals surface area contributed by atoms with Crippen molar-refractivity contribution in [2.24, 2.45) is 0 Å². The molecule has 3 rings (SSSR count). The molecule has 0 saturated carbocycles. The van der Waals surface area contributed by atoms with Crippen LogP contribution in [-0.4, -0.2) is 21.9 Å². The third kappa shape index (κ3) is 4.25. The van der Waals surface area contributed by atoms with Crippen LogP contribution in [0.5, 0.6) is 0 Å². The van der Waals surface area contributed by atoms with Crippen molar-refractivity contribution < 1.29 is 18.0 Å². The lowest BCUT2D eigenvalue weighted by molar-refractivity contribution is -0.137. The average Bonchev–Trinajstić information content (AvgIpc) is 2.94. The summed E-state index contributed by atoms with van der Waals surface area (Å²) in [5.41, 5.74) is -0.117. The summed E-state index contributed by atoms with van der Waals surface area (Å²) in [5.74, 6) is -0.662. The fraction of sp³-hybridized carbons (Fsp3) is 0.176. The van der Waals surface area contributed by atoms with Crippen LogP contribution in [-0.2, 0) is 11.0 Å². The van der Waals surface area contributed by atoms with Gasteiger partial charge >= 0.3 is 11.9 Å². The number of fused-ring (bicyclic) bond motifs is 1. The molecule has 1 heterocycles. The van der Waals surface area contributed by atoms with Crippen molar-refractivity contribution in [3.8, 4) is 0 Å². The van der Waals surface area contributed by atoms with Crippen molar-refractivity contribution in [3.63, 3.8) is 0 Å². The number of halogens is 4. The van der Waals surface area contributed by atoms with Crippen LogP contribution in [0.1, 0.15) is 12.5 Å². The Hall–Kier alpha value is -2.94. The van der Waals surface area contributed by atoms with Crippen molar-refractivity contribution in [2.75, 3.05) is 10.6 Å². The van der Waals surface area contributed by atoms with Gasteiger partial charge < -0.3 is 20.6 Å². The van der Waals surface area contributed by atoms with Gasteiger partial charge in [-0.1, -0.05) is 11.6 Å². The van der Waals surface area contributed by atoms with Crippen molar-refractivity contribution in [2.45, 2.75) is 19.1 Å². The average molecular weight is 399 g/mol. The molecule has 1 atom stereocenters. The number of aromatic amines is 2. The smallest absolute Gasteiger partial charge is 0.374 e. The summed E-state index contributed by atoms with van der Waals surface area (Å²) < 4.78 is 39.4. The lowest BCUT2D eigenvalue weighted by Crippen LogP contribution is -2.32. The Morgan fingerprint density at radius 3 is 2.52 bits per heavy atom. The molecule has 6 nitrogen and oxygen atoms in total. The fourth-order valence-electron chi connectivity index (χ4n) is 2.54. The highest BCUT2D eigenvalue weighted by Crippen LogP contribution is 2.36. The predicted molar refractivity (Wildman–Crippen MR) is 97.1 cm³/mol. The number of H-pyrrole nitrogens is 2.